The van der Waals surface area contributed by atoms with Gasteiger partial charge in [0.15, 0.2) is 0 Å². The molecule has 2 aromatic rings. The Morgan fingerprint density at radius 1 is 0.962 bits per heavy atom. The Bertz CT molecular complexity index is 724. The lowest BCUT2D eigenvalue weighted by atomic mass is 10.3. The number of rotatable bonds is 4. The summed E-state index contributed by atoms with van der Waals surface area (Å²) >= 11 is 0. The van der Waals surface area contributed by atoms with Crippen molar-refractivity contribution in [3.63, 3.8) is 0 Å². The maximum atomic E-state index is 12.3. The Kier molecular flexibility index (Phi) is 4.91. The van der Waals surface area contributed by atoms with E-state index in [1.54, 1.807) is 17.3 Å². The average molecular weight is 358 g/mol. The van der Waals surface area contributed by atoms with Crippen LogP contribution in [0.25, 0.3) is 0 Å². The number of nitrogens with zero attached hydrogens (tertiary/aromatic N) is 8. The van der Waals surface area contributed by atoms with Crippen LogP contribution in [0, 0.1) is 0 Å². The van der Waals surface area contributed by atoms with Crippen LogP contribution in [0.5, 0.6) is 0 Å². The highest BCUT2D eigenvalue weighted by molar-refractivity contribution is 5.76. The molecule has 10 nitrogen and oxygen atoms in total. The fraction of sp³-hybridized carbons (Fsp3) is 0.562. The van der Waals surface area contributed by atoms with Gasteiger partial charge in [0, 0.05) is 45.3 Å². The fourth-order valence-electron chi connectivity index (χ4n) is 3.21. The molecule has 10 heteroatoms. The minimum absolute atomic E-state index is 0.0619. The maximum absolute atomic E-state index is 12.3. The molecule has 0 N–H and O–H groups in total. The number of amides is 1. The highest BCUT2D eigenvalue weighted by atomic mass is 16.5. The summed E-state index contributed by atoms with van der Waals surface area (Å²) in [6.07, 6.45) is 4.61. The van der Waals surface area contributed by atoms with Crippen LogP contribution >= 0.6 is 0 Å². The average Bonchev–Trinajstić information content (AvgIpc) is 3.22. The molecule has 138 valence electrons. The van der Waals surface area contributed by atoms with Crippen molar-refractivity contribution in [3.8, 4) is 0 Å². The molecule has 0 atom stereocenters. The summed E-state index contributed by atoms with van der Waals surface area (Å²) < 4.78 is 6.95. The van der Waals surface area contributed by atoms with Gasteiger partial charge in [-0.05, 0) is 0 Å². The zero-order valence-electron chi connectivity index (χ0n) is 14.6. The largest absolute Gasteiger partial charge is 0.378 e. The zero-order chi connectivity index (χ0) is 17.8. The number of hydrogen-bond acceptors (Lipinski definition) is 8. The number of hydrogen-bond donors (Lipinski definition) is 0. The SMILES string of the molecule is O=C(Cn1cncn1)N1CCN(c2cc(N3CCOCC3)ncn2)CC1. The summed E-state index contributed by atoms with van der Waals surface area (Å²) in [4.78, 5) is 31.3. The molecular formula is C16H22N8O2. The van der Waals surface area contributed by atoms with Gasteiger partial charge in [-0.15, -0.1) is 0 Å². The van der Waals surface area contributed by atoms with Gasteiger partial charge in [0.05, 0.1) is 13.2 Å². The molecule has 0 aromatic carbocycles. The predicted octanol–water partition coefficient (Wildman–Crippen LogP) is -0.746. The van der Waals surface area contributed by atoms with Gasteiger partial charge in [0.2, 0.25) is 5.91 Å². The van der Waals surface area contributed by atoms with Gasteiger partial charge < -0.3 is 19.4 Å². The quantitative estimate of drug-likeness (QED) is 0.705. The van der Waals surface area contributed by atoms with Gasteiger partial charge in [-0.2, -0.15) is 5.10 Å². The highest BCUT2D eigenvalue weighted by Crippen LogP contribution is 2.19. The van der Waals surface area contributed by atoms with Gasteiger partial charge in [-0.1, -0.05) is 0 Å². The molecule has 4 heterocycles. The van der Waals surface area contributed by atoms with Crippen LogP contribution in [-0.2, 0) is 16.1 Å². The first-order chi connectivity index (χ1) is 12.8. The smallest absolute Gasteiger partial charge is 0.244 e. The maximum Gasteiger partial charge on any atom is 0.244 e. The molecule has 2 aliphatic rings. The molecule has 4 rings (SSSR count). The van der Waals surface area contributed by atoms with Gasteiger partial charge >= 0.3 is 0 Å². The molecule has 2 aromatic heterocycles. The van der Waals surface area contributed by atoms with Crippen LogP contribution < -0.4 is 9.80 Å². The summed E-state index contributed by atoms with van der Waals surface area (Å²) in [5.41, 5.74) is 0. The van der Waals surface area contributed by atoms with Crippen molar-refractivity contribution in [2.45, 2.75) is 6.54 Å². The lowest BCUT2D eigenvalue weighted by Crippen LogP contribution is -2.50. The molecule has 2 aliphatic heterocycles. The molecule has 0 bridgehead atoms. The number of carbonyl (C=O) groups is 1. The van der Waals surface area contributed by atoms with E-state index in [1.165, 1.54) is 6.33 Å². The van der Waals surface area contributed by atoms with Crippen molar-refractivity contribution in [2.24, 2.45) is 0 Å². The van der Waals surface area contributed by atoms with Crippen molar-refractivity contribution in [1.29, 1.82) is 0 Å². The lowest BCUT2D eigenvalue weighted by Gasteiger charge is -2.36. The van der Waals surface area contributed by atoms with E-state index >= 15 is 0 Å². The first-order valence-electron chi connectivity index (χ1n) is 8.79. The van der Waals surface area contributed by atoms with E-state index in [9.17, 15) is 4.79 Å². The van der Waals surface area contributed by atoms with Crippen LogP contribution in [0.3, 0.4) is 0 Å². The summed E-state index contributed by atoms with van der Waals surface area (Å²) in [6.45, 7) is 6.23. The van der Waals surface area contributed by atoms with Crippen molar-refractivity contribution in [3.05, 3.63) is 25.0 Å². The molecular weight excluding hydrogens is 336 g/mol. The second kappa shape index (κ2) is 7.65. The summed E-state index contributed by atoms with van der Waals surface area (Å²) in [7, 11) is 0. The summed E-state index contributed by atoms with van der Waals surface area (Å²) in [6, 6.07) is 2.03. The van der Waals surface area contributed by atoms with Gasteiger partial charge in [-0.25, -0.2) is 19.6 Å². The predicted molar refractivity (Wildman–Crippen MR) is 93.9 cm³/mol. The number of piperazine rings is 1. The Morgan fingerprint density at radius 3 is 2.31 bits per heavy atom. The molecule has 2 saturated heterocycles. The lowest BCUT2D eigenvalue weighted by molar-refractivity contribution is -0.132. The molecule has 0 saturated carbocycles. The minimum Gasteiger partial charge on any atom is -0.378 e. The first kappa shape index (κ1) is 16.7. The van der Waals surface area contributed by atoms with E-state index in [1.807, 2.05) is 11.0 Å². The second-order valence-electron chi connectivity index (χ2n) is 6.29. The van der Waals surface area contributed by atoms with E-state index < -0.39 is 0 Å². The number of ether oxygens (including phenoxy) is 1. The summed E-state index contributed by atoms with van der Waals surface area (Å²) in [5.74, 6) is 1.90. The van der Waals surface area contributed by atoms with E-state index in [0.717, 1.165) is 51.0 Å². The molecule has 0 aliphatic carbocycles. The molecule has 1 amide bonds. The first-order valence-corrected chi connectivity index (χ1v) is 8.79. The topological polar surface area (TPSA) is 92.5 Å². The van der Waals surface area contributed by atoms with Crippen molar-refractivity contribution >= 4 is 17.5 Å². The second-order valence-corrected chi connectivity index (χ2v) is 6.29. The van der Waals surface area contributed by atoms with Crippen LogP contribution in [0.1, 0.15) is 0 Å². The molecule has 2 fully saturated rings. The molecule has 0 radical (unpaired) electrons. The van der Waals surface area contributed by atoms with Crippen molar-refractivity contribution < 1.29 is 9.53 Å². The van der Waals surface area contributed by atoms with Crippen molar-refractivity contribution in [2.75, 3.05) is 62.3 Å². The van der Waals surface area contributed by atoms with E-state index in [-0.39, 0.29) is 12.5 Å². The van der Waals surface area contributed by atoms with Gasteiger partial charge in [0.25, 0.3) is 0 Å². The van der Waals surface area contributed by atoms with Gasteiger partial charge in [0.1, 0.15) is 37.2 Å². The Balaban J connectivity index is 1.35. The van der Waals surface area contributed by atoms with Gasteiger partial charge in [-0.3, -0.25) is 4.79 Å². The van der Waals surface area contributed by atoms with Crippen LogP contribution in [0.2, 0.25) is 0 Å². The normalized spacial score (nSPS) is 18.2. The van der Waals surface area contributed by atoms with Crippen molar-refractivity contribution in [1.82, 2.24) is 29.6 Å². The highest BCUT2D eigenvalue weighted by Gasteiger charge is 2.23. The fourth-order valence-corrected chi connectivity index (χ4v) is 3.21. The van der Waals surface area contributed by atoms with E-state index in [4.69, 9.17) is 4.74 Å². The molecule has 0 unspecified atom stereocenters. The van der Waals surface area contributed by atoms with E-state index in [0.29, 0.717) is 13.1 Å². The minimum atomic E-state index is 0.0619. The third kappa shape index (κ3) is 3.74. The summed E-state index contributed by atoms with van der Waals surface area (Å²) in [5, 5.41) is 3.98. The number of morpholine rings is 1. The van der Waals surface area contributed by atoms with Crippen LogP contribution in [0.15, 0.2) is 25.0 Å². The third-order valence-corrected chi connectivity index (χ3v) is 4.69. The third-order valence-electron chi connectivity index (χ3n) is 4.69. The Morgan fingerprint density at radius 2 is 1.65 bits per heavy atom. The molecule has 26 heavy (non-hydrogen) atoms. The standard InChI is InChI=1S/C16H22N8O2/c25-16(10-24-13-17-11-20-24)23-3-1-21(2-4-23)14-9-15(19-12-18-14)22-5-7-26-8-6-22/h9,11-13H,1-8,10H2. The van der Waals surface area contributed by atoms with Crippen LogP contribution in [-0.4, -0.2) is 88.0 Å². The van der Waals surface area contributed by atoms with Crippen LogP contribution in [0.4, 0.5) is 11.6 Å². The number of carbonyl (C=O) groups excluding carboxylic acids is 1. The number of anilines is 2. The monoisotopic (exact) mass is 358 g/mol. The number of aromatic nitrogens is 5. The Hall–Kier alpha value is -2.75. The Labute approximate surface area is 151 Å². The zero-order valence-corrected chi connectivity index (χ0v) is 14.6. The van der Waals surface area contributed by atoms with E-state index in [2.05, 4.69) is 29.9 Å². The molecule has 0 spiro atoms.